The number of unbranched alkanes of at least 4 members (excludes halogenated alkanes) is 1. The lowest BCUT2D eigenvalue weighted by Crippen LogP contribution is -1.95. The Bertz CT molecular complexity index is 477. The Morgan fingerprint density at radius 1 is 1.12 bits per heavy atom. The lowest BCUT2D eigenvalue weighted by molar-refractivity contribution is 0.795. The molecule has 0 bridgehead atoms. The van der Waals surface area contributed by atoms with E-state index in [0.717, 1.165) is 17.7 Å². The number of rotatable bonds is 4. The summed E-state index contributed by atoms with van der Waals surface area (Å²) in [5.74, 6) is 0.317. The molecule has 0 unspecified atom stereocenters. The van der Waals surface area contributed by atoms with Crippen molar-refractivity contribution in [2.24, 2.45) is 0 Å². The van der Waals surface area contributed by atoms with Crippen LogP contribution in [-0.2, 0) is 6.42 Å². The lowest BCUT2D eigenvalue weighted by atomic mass is 10.0. The van der Waals surface area contributed by atoms with Crippen LogP contribution in [0.1, 0.15) is 25.3 Å². The Morgan fingerprint density at radius 2 is 1.88 bits per heavy atom. The number of hydrogen-bond acceptors (Lipinski definition) is 3. The third-order valence-electron chi connectivity index (χ3n) is 2.74. The number of nitrogens with two attached hydrogens (primary N) is 1. The van der Waals surface area contributed by atoms with Gasteiger partial charge < -0.3 is 5.73 Å². The van der Waals surface area contributed by atoms with Crippen molar-refractivity contribution in [2.45, 2.75) is 26.2 Å². The van der Waals surface area contributed by atoms with Crippen molar-refractivity contribution < 1.29 is 0 Å². The molecule has 0 spiro atoms. The first-order chi connectivity index (χ1) is 8.29. The van der Waals surface area contributed by atoms with Gasteiger partial charge in [-0.1, -0.05) is 37.6 Å². The largest absolute Gasteiger partial charge is 0.368 e. The summed E-state index contributed by atoms with van der Waals surface area (Å²) in [4.78, 5) is 8.09. The summed E-state index contributed by atoms with van der Waals surface area (Å²) >= 11 is 0. The molecular weight excluding hydrogens is 210 g/mol. The molecule has 0 radical (unpaired) electrons. The first-order valence-electron chi connectivity index (χ1n) is 5.97. The summed E-state index contributed by atoms with van der Waals surface area (Å²) in [5, 5.41) is 0. The zero-order valence-corrected chi connectivity index (χ0v) is 10.1. The van der Waals surface area contributed by atoms with Crippen LogP contribution in [0.15, 0.2) is 36.5 Å². The molecule has 1 aromatic carbocycles. The van der Waals surface area contributed by atoms with E-state index in [0.29, 0.717) is 5.95 Å². The van der Waals surface area contributed by atoms with Gasteiger partial charge in [-0.15, -0.1) is 0 Å². The van der Waals surface area contributed by atoms with Crippen LogP contribution in [0.25, 0.3) is 11.3 Å². The van der Waals surface area contributed by atoms with Crippen LogP contribution in [0.2, 0.25) is 0 Å². The molecule has 1 aromatic heterocycles. The molecule has 0 atom stereocenters. The van der Waals surface area contributed by atoms with Gasteiger partial charge in [0.05, 0.1) is 5.69 Å². The van der Waals surface area contributed by atoms with Crippen molar-refractivity contribution in [1.29, 1.82) is 0 Å². The second kappa shape index (κ2) is 5.43. The minimum Gasteiger partial charge on any atom is -0.368 e. The molecule has 2 N–H and O–H groups in total. The molecule has 0 amide bonds. The zero-order valence-electron chi connectivity index (χ0n) is 10.1. The van der Waals surface area contributed by atoms with Crippen LogP contribution in [0.5, 0.6) is 0 Å². The molecule has 3 nitrogen and oxygen atoms in total. The molecule has 0 saturated carbocycles. The van der Waals surface area contributed by atoms with Crippen molar-refractivity contribution in [1.82, 2.24) is 9.97 Å². The van der Waals surface area contributed by atoms with E-state index in [1.54, 1.807) is 6.20 Å². The van der Waals surface area contributed by atoms with Crippen LogP contribution < -0.4 is 5.73 Å². The van der Waals surface area contributed by atoms with Crippen LogP contribution >= 0.6 is 0 Å². The highest BCUT2D eigenvalue weighted by Crippen LogP contribution is 2.18. The summed E-state index contributed by atoms with van der Waals surface area (Å²) in [7, 11) is 0. The second-order valence-electron chi connectivity index (χ2n) is 4.10. The molecule has 0 aliphatic heterocycles. The number of nitrogen functional groups attached to an aromatic ring is 1. The second-order valence-corrected chi connectivity index (χ2v) is 4.10. The van der Waals surface area contributed by atoms with Gasteiger partial charge in [0.1, 0.15) is 0 Å². The van der Waals surface area contributed by atoms with E-state index in [1.165, 1.54) is 18.4 Å². The Kier molecular flexibility index (Phi) is 3.70. The molecule has 1 heterocycles. The SMILES string of the molecule is CCCCc1ccc(-c2ccnc(N)n2)cc1. The third-order valence-corrected chi connectivity index (χ3v) is 2.74. The number of aryl methyl sites for hydroxylation is 1. The highest BCUT2D eigenvalue weighted by molar-refractivity contribution is 5.59. The van der Waals surface area contributed by atoms with E-state index in [1.807, 2.05) is 6.07 Å². The Labute approximate surface area is 102 Å². The van der Waals surface area contributed by atoms with Gasteiger partial charge in [-0.05, 0) is 24.5 Å². The topological polar surface area (TPSA) is 51.8 Å². The van der Waals surface area contributed by atoms with Crippen molar-refractivity contribution in [3.05, 3.63) is 42.1 Å². The van der Waals surface area contributed by atoms with Crippen LogP contribution in [0.4, 0.5) is 5.95 Å². The summed E-state index contributed by atoms with van der Waals surface area (Å²) in [6.07, 6.45) is 5.29. The van der Waals surface area contributed by atoms with E-state index in [9.17, 15) is 0 Å². The van der Waals surface area contributed by atoms with Gasteiger partial charge in [-0.3, -0.25) is 0 Å². The van der Waals surface area contributed by atoms with E-state index in [-0.39, 0.29) is 0 Å². The fourth-order valence-electron chi connectivity index (χ4n) is 1.76. The molecule has 0 saturated heterocycles. The summed E-state index contributed by atoms with van der Waals surface area (Å²) in [5.41, 5.74) is 8.90. The minimum atomic E-state index is 0.317. The van der Waals surface area contributed by atoms with Gasteiger partial charge in [0.15, 0.2) is 0 Å². The average molecular weight is 227 g/mol. The summed E-state index contributed by atoms with van der Waals surface area (Å²) in [6.45, 7) is 2.21. The lowest BCUT2D eigenvalue weighted by Gasteiger charge is -2.03. The fourth-order valence-corrected chi connectivity index (χ4v) is 1.76. The Balaban J connectivity index is 2.17. The predicted octanol–water partition coefficient (Wildman–Crippen LogP) is 3.07. The molecule has 0 aliphatic carbocycles. The normalized spacial score (nSPS) is 10.4. The maximum Gasteiger partial charge on any atom is 0.220 e. The molecule has 2 rings (SSSR count). The van der Waals surface area contributed by atoms with Gasteiger partial charge in [0.25, 0.3) is 0 Å². The minimum absolute atomic E-state index is 0.317. The smallest absolute Gasteiger partial charge is 0.220 e. The highest BCUT2D eigenvalue weighted by atomic mass is 15.0. The van der Waals surface area contributed by atoms with Crippen molar-refractivity contribution in [2.75, 3.05) is 5.73 Å². The van der Waals surface area contributed by atoms with Gasteiger partial charge in [-0.2, -0.15) is 0 Å². The first-order valence-corrected chi connectivity index (χ1v) is 5.97. The third kappa shape index (κ3) is 3.03. The van der Waals surface area contributed by atoms with Crippen molar-refractivity contribution >= 4 is 5.95 Å². The number of hydrogen-bond donors (Lipinski definition) is 1. The maximum absolute atomic E-state index is 5.57. The van der Waals surface area contributed by atoms with Gasteiger partial charge in [0.2, 0.25) is 5.95 Å². The molecule has 3 heteroatoms. The maximum atomic E-state index is 5.57. The zero-order chi connectivity index (χ0) is 12.1. The van der Waals surface area contributed by atoms with E-state index < -0.39 is 0 Å². The predicted molar refractivity (Wildman–Crippen MR) is 70.5 cm³/mol. The monoisotopic (exact) mass is 227 g/mol. The van der Waals surface area contributed by atoms with Crippen LogP contribution in [-0.4, -0.2) is 9.97 Å². The number of benzene rings is 1. The van der Waals surface area contributed by atoms with Crippen molar-refractivity contribution in [3.8, 4) is 11.3 Å². The molecule has 2 aromatic rings. The summed E-state index contributed by atoms with van der Waals surface area (Å²) in [6, 6.07) is 10.4. The standard InChI is InChI=1S/C14H17N3/c1-2-3-4-11-5-7-12(8-6-11)13-9-10-16-14(15)17-13/h5-10H,2-4H2,1H3,(H2,15,16,17). The van der Waals surface area contributed by atoms with Gasteiger partial charge >= 0.3 is 0 Å². The van der Waals surface area contributed by atoms with Crippen molar-refractivity contribution in [3.63, 3.8) is 0 Å². The highest BCUT2D eigenvalue weighted by Gasteiger charge is 2.00. The Hall–Kier alpha value is -1.90. The molecule has 0 fully saturated rings. The number of aromatic nitrogens is 2. The average Bonchev–Trinajstić information content (AvgIpc) is 2.37. The van der Waals surface area contributed by atoms with E-state index in [4.69, 9.17) is 5.73 Å². The number of anilines is 1. The van der Waals surface area contributed by atoms with E-state index >= 15 is 0 Å². The molecule has 88 valence electrons. The number of nitrogens with zero attached hydrogens (tertiary/aromatic N) is 2. The summed E-state index contributed by atoms with van der Waals surface area (Å²) < 4.78 is 0. The molecule has 0 aliphatic rings. The van der Waals surface area contributed by atoms with Crippen LogP contribution in [0.3, 0.4) is 0 Å². The molecule has 17 heavy (non-hydrogen) atoms. The van der Waals surface area contributed by atoms with Crippen LogP contribution in [0, 0.1) is 0 Å². The Morgan fingerprint density at radius 3 is 2.53 bits per heavy atom. The quantitative estimate of drug-likeness (QED) is 0.873. The first kappa shape index (κ1) is 11.6. The van der Waals surface area contributed by atoms with E-state index in [2.05, 4.69) is 41.2 Å². The van der Waals surface area contributed by atoms with Gasteiger partial charge in [-0.25, -0.2) is 9.97 Å². The molecular formula is C14H17N3. The van der Waals surface area contributed by atoms with Gasteiger partial charge in [0, 0.05) is 11.8 Å². The fraction of sp³-hybridized carbons (Fsp3) is 0.286.